The van der Waals surface area contributed by atoms with Crippen molar-refractivity contribution in [3.8, 4) is 5.75 Å². The lowest BCUT2D eigenvalue weighted by Crippen LogP contribution is -2.34. The van der Waals surface area contributed by atoms with E-state index in [1.165, 1.54) is 6.07 Å². The van der Waals surface area contributed by atoms with E-state index in [0.717, 1.165) is 6.07 Å². The van der Waals surface area contributed by atoms with Gasteiger partial charge in [0.2, 0.25) is 0 Å². The first kappa shape index (κ1) is 31.3. The number of hydrogen-bond donors (Lipinski definition) is 6. The Balaban J connectivity index is 2.51. The molecule has 2 bridgehead atoms. The second kappa shape index (κ2) is 14.3. The number of carbonyl (C=O) groups excluding carboxylic acids is 2. The Kier molecular flexibility index (Phi) is 11.7. The maximum Gasteiger partial charge on any atom is 0.405 e. The summed E-state index contributed by atoms with van der Waals surface area (Å²) in [5, 5.41) is 43.9. The molecule has 0 saturated heterocycles. The number of aromatic hydroxyl groups is 1. The van der Waals surface area contributed by atoms with Crippen LogP contribution in [0.2, 0.25) is 0 Å². The first-order chi connectivity index (χ1) is 17.9. The second-order valence-electron chi connectivity index (χ2n) is 10.4. The van der Waals surface area contributed by atoms with Gasteiger partial charge >= 0.3 is 6.09 Å². The number of nitrogens with two attached hydrogens (primary N) is 1. The fourth-order valence-corrected chi connectivity index (χ4v) is 5.08. The molecule has 1 aliphatic rings. The molecule has 0 aromatic heterocycles. The number of phenolic OH excluding ortho intramolecular Hbond substituents is 1. The van der Waals surface area contributed by atoms with Gasteiger partial charge in [0.05, 0.1) is 6.10 Å². The number of fused-ring (bicyclic) bond motifs is 2. The number of aliphatic hydroxyl groups is 3. The summed E-state index contributed by atoms with van der Waals surface area (Å²) in [5.41, 5.74) is 6.70. The normalized spacial score (nSPS) is 30.9. The molecule has 1 aromatic rings. The Labute approximate surface area is 223 Å². The van der Waals surface area contributed by atoms with Crippen molar-refractivity contribution >= 4 is 17.7 Å². The van der Waals surface area contributed by atoms with Gasteiger partial charge in [0.15, 0.2) is 11.6 Å². The van der Waals surface area contributed by atoms with Crippen molar-refractivity contribution in [3.63, 3.8) is 0 Å². The zero-order chi connectivity index (χ0) is 28.6. The third-order valence-corrected chi connectivity index (χ3v) is 7.14. The molecule has 7 N–H and O–H groups in total. The summed E-state index contributed by atoms with van der Waals surface area (Å²) in [6, 6.07) is 2.61. The molecule has 1 heterocycles. The van der Waals surface area contributed by atoms with Gasteiger partial charge in [-0.05, 0) is 62.7 Å². The van der Waals surface area contributed by atoms with E-state index in [1.807, 2.05) is 6.92 Å². The predicted octanol–water partition coefficient (Wildman–Crippen LogP) is 3.40. The maximum atomic E-state index is 14.7. The molecule has 2 amide bonds. The molecule has 0 aliphatic carbocycles. The highest BCUT2D eigenvalue weighted by Crippen LogP contribution is 2.31. The molecule has 2 rings (SSSR count). The van der Waals surface area contributed by atoms with Crippen molar-refractivity contribution in [3.05, 3.63) is 46.8 Å². The van der Waals surface area contributed by atoms with Crippen molar-refractivity contribution in [2.75, 3.05) is 18.5 Å². The van der Waals surface area contributed by atoms with Crippen LogP contribution in [0.15, 0.2) is 35.4 Å². The molecular formula is C28H41FN2O7. The summed E-state index contributed by atoms with van der Waals surface area (Å²) < 4.78 is 20.0. The highest BCUT2D eigenvalue weighted by atomic mass is 19.1. The number of anilines is 1. The van der Waals surface area contributed by atoms with Gasteiger partial charge in [-0.1, -0.05) is 26.0 Å². The molecule has 212 valence electrons. The van der Waals surface area contributed by atoms with Gasteiger partial charge in [-0.3, -0.25) is 4.79 Å². The second-order valence-corrected chi connectivity index (χ2v) is 10.4. The van der Waals surface area contributed by atoms with Crippen molar-refractivity contribution < 1.29 is 39.1 Å². The largest absolute Gasteiger partial charge is 0.505 e. The van der Waals surface area contributed by atoms with Crippen LogP contribution in [-0.4, -0.2) is 57.8 Å². The highest BCUT2D eigenvalue weighted by molar-refractivity contribution is 6.03. The number of benzene rings is 1. The maximum absolute atomic E-state index is 14.7. The smallest absolute Gasteiger partial charge is 0.405 e. The Hall–Kier alpha value is -2.95. The summed E-state index contributed by atoms with van der Waals surface area (Å²) in [6.45, 7) is 6.32. The van der Waals surface area contributed by atoms with Crippen LogP contribution in [0.4, 0.5) is 14.9 Å². The Bertz CT molecular complexity index is 1040. The third kappa shape index (κ3) is 8.54. The quantitative estimate of drug-likeness (QED) is 0.323. The van der Waals surface area contributed by atoms with Gasteiger partial charge < -0.3 is 36.2 Å². The number of rotatable bonds is 3. The molecule has 38 heavy (non-hydrogen) atoms. The monoisotopic (exact) mass is 536 g/mol. The topological polar surface area (TPSA) is 162 Å². The van der Waals surface area contributed by atoms with Crippen LogP contribution in [0.1, 0.15) is 52.5 Å². The van der Waals surface area contributed by atoms with Gasteiger partial charge in [-0.15, -0.1) is 0 Å². The number of primary amides is 1. The van der Waals surface area contributed by atoms with Gasteiger partial charge in [0.25, 0.3) is 5.91 Å². The van der Waals surface area contributed by atoms with E-state index in [1.54, 1.807) is 32.9 Å². The lowest BCUT2D eigenvalue weighted by Gasteiger charge is -2.30. The fourth-order valence-electron chi connectivity index (χ4n) is 5.08. The number of halogens is 1. The number of amides is 2. The van der Waals surface area contributed by atoms with Crippen molar-refractivity contribution in [2.45, 2.75) is 65.6 Å². The molecule has 0 saturated carbocycles. The number of allylic oxidation sites excluding steroid dienone is 1. The third-order valence-electron chi connectivity index (χ3n) is 7.14. The summed E-state index contributed by atoms with van der Waals surface area (Å²) in [5.74, 6) is -3.51. The lowest BCUT2D eigenvalue weighted by atomic mass is 9.82. The first-order valence-corrected chi connectivity index (χ1v) is 12.9. The number of aliphatic hydroxyl groups excluding tert-OH is 3. The van der Waals surface area contributed by atoms with Crippen LogP contribution in [0.5, 0.6) is 5.75 Å². The molecule has 1 aromatic carbocycles. The average Bonchev–Trinajstić information content (AvgIpc) is 2.85. The molecular weight excluding hydrogens is 495 g/mol. The Morgan fingerprint density at radius 2 is 1.84 bits per heavy atom. The zero-order valence-electron chi connectivity index (χ0n) is 22.5. The molecule has 6 atom stereocenters. The van der Waals surface area contributed by atoms with E-state index >= 15 is 0 Å². The van der Waals surface area contributed by atoms with Crippen LogP contribution in [0.3, 0.4) is 0 Å². The first-order valence-electron chi connectivity index (χ1n) is 12.9. The van der Waals surface area contributed by atoms with E-state index < -0.39 is 53.5 Å². The van der Waals surface area contributed by atoms with E-state index in [4.69, 9.17) is 10.5 Å². The Morgan fingerprint density at radius 1 is 1.18 bits per heavy atom. The van der Waals surface area contributed by atoms with Crippen molar-refractivity contribution in [1.82, 2.24) is 0 Å². The van der Waals surface area contributed by atoms with Crippen LogP contribution in [0, 0.1) is 29.5 Å². The van der Waals surface area contributed by atoms with Gasteiger partial charge in [-0.2, -0.15) is 0 Å². The van der Waals surface area contributed by atoms with Gasteiger partial charge in [-0.25, -0.2) is 9.18 Å². The number of phenols is 1. The minimum Gasteiger partial charge on any atom is -0.505 e. The van der Waals surface area contributed by atoms with E-state index in [2.05, 4.69) is 5.32 Å². The molecule has 10 heteroatoms. The van der Waals surface area contributed by atoms with E-state index in [0.29, 0.717) is 30.4 Å². The summed E-state index contributed by atoms with van der Waals surface area (Å²) in [7, 11) is 0. The predicted molar refractivity (Wildman–Crippen MR) is 142 cm³/mol. The van der Waals surface area contributed by atoms with E-state index in [-0.39, 0.29) is 36.8 Å². The lowest BCUT2D eigenvalue weighted by molar-refractivity contribution is -0.112. The number of ether oxygens (including phenoxy) is 1. The highest BCUT2D eigenvalue weighted by Gasteiger charge is 2.29. The minimum absolute atomic E-state index is 0.188. The number of nitrogens with one attached hydrogen (secondary N) is 1. The SMILES string of the molecule is C/C1=C\CC[C@H](CO)[C@@H](OC(N)=O)/C(C)=C/[C@H](C)[C@@H](O)[C@@H](CO)C[C@H](C)Cc2cc(cc(O)c2F)NC1=O. The molecule has 0 radical (unpaired) electrons. The van der Waals surface area contributed by atoms with Gasteiger partial charge in [0.1, 0.15) is 6.10 Å². The minimum atomic E-state index is -1.00. The molecule has 0 unspecified atom stereocenters. The van der Waals surface area contributed by atoms with Crippen LogP contribution in [-0.2, 0) is 16.0 Å². The fraction of sp³-hybridized carbons (Fsp3) is 0.571. The molecule has 9 nitrogen and oxygen atoms in total. The average molecular weight is 537 g/mol. The van der Waals surface area contributed by atoms with Crippen LogP contribution < -0.4 is 11.1 Å². The summed E-state index contributed by atoms with van der Waals surface area (Å²) >= 11 is 0. The standard InChI is InChI=1S/C28H41FN2O7/c1-15-8-20-11-22(12-23(34)24(20)29)31-27(36)16(2)6-5-7-19(13-32)26(38-28(30)37)18(4)10-17(3)25(35)21(9-15)14-33/h6,10-12,15,17,19,21,25-26,32-35H,5,7-9,13-14H2,1-4H3,(H2,30,37)(H,31,36)/b16-6+,18-10+/t15-,17+,19-,21-,25-,26+/m1/s1. The zero-order valence-corrected chi connectivity index (χ0v) is 22.5. The van der Waals surface area contributed by atoms with Crippen LogP contribution in [0.25, 0.3) is 0 Å². The summed E-state index contributed by atoms with van der Waals surface area (Å²) in [4.78, 5) is 24.4. The van der Waals surface area contributed by atoms with Gasteiger partial charge in [0, 0.05) is 48.3 Å². The molecule has 1 aliphatic heterocycles. The van der Waals surface area contributed by atoms with E-state index in [9.17, 15) is 34.4 Å². The number of carbonyl (C=O) groups is 2. The Morgan fingerprint density at radius 3 is 2.45 bits per heavy atom. The summed E-state index contributed by atoms with van der Waals surface area (Å²) in [6.07, 6.45) is 1.89. The van der Waals surface area contributed by atoms with Crippen LogP contribution >= 0.6 is 0 Å². The van der Waals surface area contributed by atoms with Crippen molar-refractivity contribution in [2.24, 2.45) is 29.4 Å². The van der Waals surface area contributed by atoms with Crippen molar-refractivity contribution in [1.29, 1.82) is 0 Å². The molecule has 0 fully saturated rings. The molecule has 0 spiro atoms. The number of hydrogen-bond acceptors (Lipinski definition) is 7.